The summed E-state index contributed by atoms with van der Waals surface area (Å²) in [5.74, 6) is 0. The Balaban J connectivity index is 3.16. The summed E-state index contributed by atoms with van der Waals surface area (Å²) in [5, 5.41) is -0.293. The van der Waals surface area contributed by atoms with Gasteiger partial charge in [0, 0.05) is 0 Å². The fraction of sp³-hybridized carbons (Fsp3) is 0.667. The summed E-state index contributed by atoms with van der Waals surface area (Å²) in [6.07, 6.45) is 12.1. The van der Waals surface area contributed by atoms with Crippen LogP contribution in [-0.4, -0.2) is 18.5 Å². The van der Waals surface area contributed by atoms with Crippen LogP contribution < -0.4 is 5.30 Å². The normalized spacial score (nSPS) is 13.9. The minimum absolute atomic E-state index is 1.30. The van der Waals surface area contributed by atoms with E-state index >= 15 is 0 Å². The molecular weight excluding hydrogens is 327 g/mol. The molecule has 0 aromatic heterocycles. The molecule has 20 heavy (non-hydrogen) atoms. The molecular formula is C18H32BrP. The maximum atomic E-state index is 4.43. The third kappa shape index (κ3) is 4.57. The van der Waals surface area contributed by atoms with Gasteiger partial charge in [0.1, 0.15) is 0 Å². The van der Waals surface area contributed by atoms with Crippen LogP contribution in [0.3, 0.4) is 0 Å². The van der Waals surface area contributed by atoms with Crippen molar-refractivity contribution in [1.29, 1.82) is 0 Å². The number of benzene rings is 1. The standard InChI is InChI=1S/C18H32BrP/c1-4-7-15-20(19,16-8-5-2,17-9-6-3)18-13-11-10-12-14-18/h10-14H,4-9,15-17H2,1-3H3. The van der Waals surface area contributed by atoms with E-state index in [4.69, 9.17) is 0 Å². The third-order valence-electron chi connectivity index (χ3n) is 4.47. The predicted octanol–water partition coefficient (Wildman–Crippen LogP) is 6.58. The molecule has 116 valence electrons. The Kier molecular flexibility index (Phi) is 7.77. The Bertz CT molecular complexity index is 350. The first kappa shape index (κ1) is 18.2. The van der Waals surface area contributed by atoms with Crippen LogP contribution in [-0.2, 0) is 0 Å². The first-order valence-corrected chi connectivity index (χ1v) is 13.2. The number of hydrogen-bond acceptors (Lipinski definition) is 0. The fourth-order valence-electron chi connectivity index (χ4n) is 3.08. The molecule has 0 amide bonds. The summed E-state index contributed by atoms with van der Waals surface area (Å²) in [7, 11) is 0. The van der Waals surface area contributed by atoms with Gasteiger partial charge in [0.15, 0.2) is 0 Å². The number of hydrogen-bond donors (Lipinski definition) is 0. The van der Waals surface area contributed by atoms with Gasteiger partial charge in [0.2, 0.25) is 0 Å². The first-order valence-electron chi connectivity index (χ1n) is 8.37. The van der Waals surface area contributed by atoms with E-state index < -0.39 is 5.31 Å². The molecule has 0 heterocycles. The van der Waals surface area contributed by atoms with Crippen LogP contribution >= 0.6 is 20.8 Å². The molecule has 1 aromatic rings. The molecule has 0 saturated carbocycles. The maximum absolute atomic E-state index is 4.43. The zero-order valence-electron chi connectivity index (χ0n) is 13.6. The van der Waals surface area contributed by atoms with Crippen molar-refractivity contribution < 1.29 is 0 Å². The average molecular weight is 359 g/mol. The minimum atomic E-state index is -1.91. The van der Waals surface area contributed by atoms with Gasteiger partial charge in [-0.25, -0.2) is 0 Å². The van der Waals surface area contributed by atoms with Crippen molar-refractivity contribution in [2.75, 3.05) is 18.5 Å². The first-order chi connectivity index (χ1) is 9.59. The summed E-state index contributed by atoms with van der Waals surface area (Å²) in [4.78, 5) is 0. The molecule has 0 spiro atoms. The number of halogens is 1. The van der Waals surface area contributed by atoms with E-state index in [0.717, 1.165) is 0 Å². The van der Waals surface area contributed by atoms with Crippen molar-refractivity contribution in [1.82, 2.24) is 0 Å². The second-order valence-corrected chi connectivity index (χ2v) is 16.8. The van der Waals surface area contributed by atoms with Gasteiger partial charge in [-0.1, -0.05) is 0 Å². The topological polar surface area (TPSA) is 0 Å². The molecule has 1 aromatic carbocycles. The van der Waals surface area contributed by atoms with Gasteiger partial charge in [0.05, 0.1) is 0 Å². The van der Waals surface area contributed by atoms with Crippen LogP contribution in [0.5, 0.6) is 0 Å². The molecule has 0 nitrogen and oxygen atoms in total. The Labute approximate surface area is 134 Å². The molecule has 0 fully saturated rings. The summed E-state index contributed by atoms with van der Waals surface area (Å²) in [5.41, 5.74) is 0. The Morgan fingerprint density at radius 3 is 1.50 bits per heavy atom. The summed E-state index contributed by atoms with van der Waals surface area (Å²) < 4.78 is 0. The van der Waals surface area contributed by atoms with Crippen molar-refractivity contribution >= 4 is 26.1 Å². The van der Waals surface area contributed by atoms with E-state index in [2.05, 4.69) is 66.6 Å². The molecule has 0 aliphatic heterocycles. The zero-order valence-corrected chi connectivity index (χ0v) is 16.1. The van der Waals surface area contributed by atoms with Gasteiger partial charge in [-0.2, -0.15) is 0 Å². The van der Waals surface area contributed by atoms with Crippen molar-refractivity contribution in [3.05, 3.63) is 30.3 Å². The monoisotopic (exact) mass is 358 g/mol. The van der Waals surface area contributed by atoms with Crippen LogP contribution in [0.2, 0.25) is 0 Å². The fourth-order valence-corrected chi connectivity index (χ4v) is 11.5. The molecule has 0 unspecified atom stereocenters. The quantitative estimate of drug-likeness (QED) is 0.414. The molecule has 2 heteroatoms. The van der Waals surface area contributed by atoms with Gasteiger partial charge in [-0.3, -0.25) is 0 Å². The zero-order chi connectivity index (χ0) is 14.9. The second kappa shape index (κ2) is 8.54. The molecule has 1 rings (SSSR count). The molecule has 0 aliphatic rings. The second-order valence-electron chi connectivity index (χ2n) is 6.16. The molecule has 0 N–H and O–H groups in total. The molecule has 0 saturated heterocycles. The Morgan fingerprint density at radius 2 is 1.15 bits per heavy atom. The van der Waals surface area contributed by atoms with Crippen molar-refractivity contribution in [2.24, 2.45) is 0 Å². The van der Waals surface area contributed by atoms with E-state index in [0.29, 0.717) is 0 Å². The van der Waals surface area contributed by atoms with Crippen LogP contribution in [0.15, 0.2) is 30.3 Å². The Morgan fingerprint density at radius 1 is 0.750 bits per heavy atom. The van der Waals surface area contributed by atoms with E-state index in [1.165, 1.54) is 57.0 Å². The van der Waals surface area contributed by atoms with E-state index in [1.807, 2.05) is 0 Å². The SMILES string of the molecule is CCCCP(Br)(CCCC)(CCCC)c1ccccc1. The van der Waals surface area contributed by atoms with Crippen molar-refractivity contribution in [2.45, 2.75) is 59.3 Å². The van der Waals surface area contributed by atoms with Crippen LogP contribution in [0.25, 0.3) is 0 Å². The van der Waals surface area contributed by atoms with E-state index in [-0.39, 0.29) is 0 Å². The summed E-state index contributed by atoms with van der Waals surface area (Å²) in [6, 6.07) is 11.4. The van der Waals surface area contributed by atoms with Crippen LogP contribution in [0, 0.1) is 0 Å². The van der Waals surface area contributed by atoms with Crippen LogP contribution in [0.4, 0.5) is 0 Å². The summed E-state index contributed by atoms with van der Waals surface area (Å²) in [6.45, 7) is 6.95. The average Bonchev–Trinajstić information content (AvgIpc) is 2.50. The molecule has 0 atom stereocenters. The third-order valence-corrected chi connectivity index (χ3v) is 14.5. The number of rotatable bonds is 10. The van der Waals surface area contributed by atoms with E-state index in [9.17, 15) is 0 Å². The van der Waals surface area contributed by atoms with Gasteiger partial charge >= 0.3 is 134 Å². The molecule has 0 aliphatic carbocycles. The van der Waals surface area contributed by atoms with Gasteiger partial charge in [0.25, 0.3) is 0 Å². The molecule has 0 radical (unpaired) electrons. The number of unbranched alkanes of at least 4 members (excludes halogenated alkanes) is 3. The summed E-state index contributed by atoms with van der Waals surface area (Å²) >= 11 is 4.43. The van der Waals surface area contributed by atoms with Gasteiger partial charge in [-0.15, -0.1) is 0 Å². The van der Waals surface area contributed by atoms with Gasteiger partial charge < -0.3 is 0 Å². The predicted molar refractivity (Wildman–Crippen MR) is 101 cm³/mol. The van der Waals surface area contributed by atoms with Gasteiger partial charge in [-0.05, 0) is 0 Å². The van der Waals surface area contributed by atoms with E-state index in [1.54, 1.807) is 5.30 Å². The Hall–Kier alpha value is 0.130. The van der Waals surface area contributed by atoms with Crippen molar-refractivity contribution in [3.63, 3.8) is 0 Å². The molecule has 0 bridgehead atoms. The van der Waals surface area contributed by atoms with Crippen LogP contribution in [0.1, 0.15) is 59.3 Å². The van der Waals surface area contributed by atoms with Crippen molar-refractivity contribution in [3.8, 4) is 0 Å².